The van der Waals surface area contributed by atoms with E-state index < -0.39 is 17.6 Å². The minimum absolute atomic E-state index is 0.0390. The molecule has 0 bridgehead atoms. The van der Waals surface area contributed by atoms with Crippen molar-refractivity contribution < 1.29 is 22.4 Å². The number of rotatable bonds is 5. The van der Waals surface area contributed by atoms with Gasteiger partial charge in [0.15, 0.2) is 0 Å². The summed E-state index contributed by atoms with van der Waals surface area (Å²) in [7, 11) is 0. The normalized spacial score (nSPS) is 10.9. The Balaban J connectivity index is 1.83. The number of halogens is 3. The second kappa shape index (κ2) is 7.79. The van der Waals surface area contributed by atoms with E-state index in [1.807, 2.05) is 0 Å². The maximum atomic E-state index is 12.7. The van der Waals surface area contributed by atoms with Crippen molar-refractivity contribution in [2.24, 2.45) is 0 Å². The number of amides is 1. The lowest BCUT2D eigenvalue weighted by atomic mass is 10.1. The average Bonchev–Trinajstić information content (AvgIpc) is 3.16. The molecule has 3 rings (SSSR count). The second-order valence-corrected chi connectivity index (χ2v) is 5.50. The SMILES string of the molecule is N#CCNC(=O)c1nnc(-c2ccccc2Nc2ccc(C(F)(F)F)cc2)o1. The second-order valence-electron chi connectivity index (χ2n) is 5.50. The van der Waals surface area contributed by atoms with Gasteiger partial charge in [-0.25, -0.2) is 0 Å². The Labute approximate surface area is 156 Å². The van der Waals surface area contributed by atoms with E-state index in [0.717, 1.165) is 12.1 Å². The molecule has 0 radical (unpaired) electrons. The fraction of sp³-hybridized carbons (Fsp3) is 0.111. The Morgan fingerprint density at radius 3 is 2.50 bits per heavy atom. The van der Waals surface area contributed by atoms with Crippen LogP contribution in [0.25, 0.3) is 11.5 Å². The predicted octanol–water partition coefficient (Wildman–Crippen LogP) is 3.75. The first kappa shape index (κ1) is 18.9. The van der Waals surface area contributed by atoms with Crippen LogP contribution in [0.5, 0.6) is 0 Å². The van der Waals surface area contributed by atoms with Crippen molar-refractivity contribution >= 4 is 17.3 Å². The van der Waals surface area contributed by atoms with Gasteiger partial charge in [-0.05, 0) is 36.4 Å². The fourth-order valence-electron chi connectivity index (χ4n) is 2.30. The molecule has 10 heteroatoms. The van der Waals surface area contributed by atoms with E-state index in [1.165, 1.54) is 12.1 Å². The molecule has 0 fully saturated rings. The molecule has 3 aromatic rings. The smallest absolute Gasteiger partial charge is 0.412 e. The Hall–Kier alpha value is -3.87. The molecule has 1 aromatic heterocycles. The molecule has 0 spiro atoms. The molecule has 0 aliphatic rings. The van der Waals surface area contributed by atoms with Crippen LogP contribution in [0.3, 0.4) is 0 Å². The van der Waals surface area contributed by atoms with Crippen molar-refractivity contribution in [2.75, 3.05) is 11.9 Å². The molecular formula is C18H12F3N5O2. The van der Waals surface area contributed by atoms with Gasteiger partial charge in [-0.15, -0.1) is 10.2 Å². The van der Waals surface area contributed by atoms with E-state index in [1.54, 1.807) is 30.3 Å². The van der Waals surface area contributed by atoms with Crippen molar-refractivity contribution in [3.63, 3.8) is 0 Å². The van der Waals surface area contributed by atoms with Crippen LogP contribution in [0.1, 0.15) is 16.2 Å². The van der Waals surface area contributed by atoms with E-state index in [-0.39, 0.29) is 18.3 Å². The molecule has 0 saturated heterocycles. The zero-order valence-corrected chi connectivity index (χ0v) is 14.1. The van der Waals surface area contributed by atoms with Crippen LogP contribution >= 0.6 is 0 Å². The summed E-state index contributed by atoms with van der Waals surface area (Å²) in [6, 6.07) is 13.0. The molecule has 0 aliphatic carbocycles. The lowest BCUT2D eigenvalue weighted by molar-refractivity contribution is -0.137. The van der Waals surface area contributed by atoms with Crippen LogP contribution in [0.15, 0.2) is 52.9 Å². The van der Waals surface area contributed by atoms with Crippen molar-refractivity contribution in [3.8, 4) is 17.5 Å². The number of nitrogens with zero attached hydrogens (tertiary/aromatic N) is 3. The van der Waals surface area contributed by atoms with Crippen LogP contribution in [-0.4, -0.2) is 22.6 Å². The molecule has 28 heavy (non-hydrogen) atoms. The number of hydrogen-bond donors (Lipinski definition) is 2. The highest BCUT2D eigenvalue weighted by atomic mass is 19.4. The van der Waals surface area contributed by atoms with Gasteiger partial charge in [0.05, 0.1) is 22.9 Å². The summed E-state index contributed by atoms with van der Waals surface area (Å²) in [5.41, 5.74) is 0.618. The highest BCUT2D eigenvalue weighted by molar-refractivity contribution is 5.90. The first-order chi connectivity index (χ1) is 13.4. The quantitative estimate of drug-likeness (QED) is 0.646. The van der Waals surface area contributed by atoms with Gasteiger partial charge in [-0.3, -0.25) is 4.79 Å². The lowest BCUT2D eigenvalue weighted by Gasteiger charge is -2.11. The fourth-order valence-corrected chi connectivity index (χ4v) is 2.30. The molecule has 142 valence electrons. The van der Waals surface area contributed by atoms with Gasteiger partial charge in [0.2, 0.25) is 5.89 Å². The van der Waals surface area contributed by atoms with Crippen LogP contribution < -0.4 is 10.6 Å². The molecule has 0 unspecified atom stereocenters. The molecule has 2 aromatic carbocycles. The highest BCUT2D eigenvalue weighted by Gasteiger charge is 2.30. The van der Waals surface area contributed by atoms with Crippen molar-refractivity contribution in [1.29, 1.82) is 5.26 Å². The summed E-state index contributed by atoms with van der Waals surface area (Å²) in [5.74, 6) is -0.958. The van der Waals surface area contributed by atoms with E-state index >= 15 is 0 Å². The largest absolute Gasteiger partial charge is 0.416 e. The topological polar surface area (TPSA) is 104 Å². The average molecular weight is 387 g/mol. The first-order valence-corrected chi connectivity index (χ1v) is 7.91. The van der Waals surface area contributed by atoms with Gasteiger partial charge in [-0.2, -0.15) is 18.4 Å². The molecule has 0 saturated carbocycles. The molecule has 0 atom stereocenters. The van der Waals surface area contributed by atoms with Crippen molar-refractivity contribution in [1.82, 2.24) is 15.5 Å². The summed E-state index contributed by atoms with van der Waals surface area (Å²) in [5, 5.41) is 21.2. The van der Waals surface area contributed by atoms with Crippen molar-refractivity contribution in [2.45, 2.75) is 6.18 Å². The van der Waals surface area contributed by atoms with Gasteiger partial charge in [0.1, 0.15) is 6.54 Å². The van der Waals surface area contributed by atoms with Gasteiger partial charge >= 0.3 is 18.0 Å². The van der Waals surface area contributed by atoms with E-state index in [0.29, 0.717) is 16.9 Å². The van der Waals surface area contributed by atoms with Crippen LogP contribution in [-0.2, 0) is 6.18 Å². The van der Waals surface area contributed by atoms with Gasteiger partial charge < -0.3 is 15.1 Å². The zero-order chi connectivity index (χ0) is 20.1. The summed E-state index contributed by atoms with van der Waals surface area (Å²) >= 11 is 0. The third-order valence-electron chi connectivity index (χ3n) is 3.60. The summed E-state index contributed by atoms with van der Waals surface area (Å²) in [4.78, 5) is 11.8. The lowest BCUT2D eigenvalue weighted by Crippen LogP contribution is -2.23. The minimum atomic E-state index is -4.41. The number of alkyl halides is 3. The van der Waals surface area contributed by atoms with Crippen LogP contribution in [0.2, 0.25) is 0 Å². The number of benzene rings is 2. The maximum absolute atomic E-state index is 12.7. The maximum Gasteiger partial charge on any atom is 0.416 e. The Kier molecular flexibility index (Phi) is 5.26. The van der Waals surface area contributed by atoms with Crippen LogP contribution in [0, 0.1) is 11.3 Å². The molecule has 1 amide bonds. The number of anilines is 2. The molecule has 1 heterocycles. The number of aromatic nitrogens is 2. The number of nitrogens with one attached hydrogen (secondary N) is 2. The predicted molar refractivity (Wildman–Crippen MR) is 92.4 cm³/mol. The summed E-state index contributed by atoms with van der Waals surface area (Å²) in [6.45, 7) is -0.206. The Morgan fingerprint density at radius 2 is 1.82 bits per heavy atom. The Bertz CT molecular complexity index is 1020. The third-order valence-corrected chi connectivity index (χ3v) is 3.60. The molecule has 2 N–H and O–H groups in total. The standard InChI is InChI=1S/C18H12F3N5O2/c19-18(20,21)11-5-7-12(8-6-11)24-14-4-2-1-3-13(14)16-25-26-17(28-16)15(27)23-10-9-22/h1-8,24H,10H2,(H,23,27). The monoisotopic (exact) mass is 387 g/mol. The molecule has 0 aliphatic heterocycles. The number of carbonyl (C=O) groups excluding carboxylic acids is 1. The van der Waals surface area contributed by atoms with E-state index in [9.17, 15) is 18.0 Å². The highest BCUT2D eigenvalue weighted by Crippen LogP contribution is 2.32. The zero-order valence-electron chi connectivity index (χ0n) is 14.1. The summed E-state index contributed by atoms with van der Waals surface area (Å²) in [6.07, 6.45) is -4.41. The van der Waals surface area contributed by atoms with E-state index in [2.05, 4.69) is 20.8 Å². The minimum Gasteiger partial charge on any atom is -0.412 e. The molecular weight excluding hydrogens is 375 g/mol. The van der Waals surface area contributed by atoms with Gasteiger partial charge in [0.25, 0.3) is 0 Å². The number of carbonyl (C=O) groups is 1. The number of hydrogen-bond acceptors (Lipinski definition) is 6. The first-order valence-electron chi connectivity index (χ1n) is 7.91. The van der Waals surface area contributed by atoms with Crippen molar-refractivity contribution in [3.05, 3.63) is 60.0 Å². The van der Waals surface area contributed by atoms with Gasteiger partial charge in [0, 0.05) is 5.69 Å². The van der Waals surface area contributed by atoms with Gasteiger partial charge in [-0.1, -0.05) is 12.1 Å². The van der Waals surface area contributed by atoms with Crippen LogP contribution in [0.4, 0.5) is 24.5 Å². The number of para-hydroxylation sites is 1. The summed E-state index contributed by atoms with van der Waals surface area (Å²) < 4.78 is 43.4. The molecule has 7 nitrogen and oxygen atoms in total. The van der Waals surface area contributed by atoms with E-state index in [4.69, 9.17) is 9.68 Å². The number of nitriles is 1. The third kappa shape index (κ3) is 4.27. The Morgan fingerprint density at radius 1 is 1.11 bits per heavy atom.